The predicted molar refractivity (Wildman–Crippen MR) is 106 cm³/mol. The van der Waals surface area contributed by atoms with Crippen LogP contribution in [-0.4, -0.2) is 35.8 Å². The van der Waals surface area contributed by atoms with Crippen LogP contribution in [0.1, 0.15) is 39.1 Å². The Morgan fingerprint density at radius 3 is 2.38 bits per heavy atom. The van der Waals surface area contributed by atoms with Crippen LogP contribution in [0, 0.1) is 6.92 Å². The van der Waals surface area contributed by atoms with Crippen molar-refractivity contribution in [1.29, 1.82) is 0 Å². The van der Waals surface area contributed by atoms with Crippen molar-refractivity contribution in [3.63, 3.8) is 0 Å². The number of hydrogen-bond acceptors (Lipinski definition) is 3. The second kappa shape index (κ2) is 8.72. The lowest BCUT2D eigenvalue weighted by Crippen LogP contribution is -2.46. The number of nitrogens with one attached hydrogen (secondary N) is 1. The zero-order valence-corrected chi connectivity index (χ0v) is 15.6. The number of piperidine rings is 1. The molecular weight excluding hydrogens is 350 g/mol. The molecule has 0 atom stereocenters. The maximum atomic E-state index is 12.5. The van der Waals surface area contributed by atoms with Crippen LogP contribution >= 0.6 is 12.4 Å². The number of benzene rings is 2. The second-order valence-electron chi connectivity index (χ2n) is 6.48. The Labute approximate surface area is 160 Å². The van der Waals surface area contributed by atoms with Gasteiger partial charge in [0, 0.05) is 35.9 Å². The summed E-state index contributed by atoms with van der Waals surface area (Å²) in [4.78, 5) is 26.8. The highest BCUT2D eigenvalue weighted by atomic mass is 35.5. The van der Waals surface area contributed by atoms with Crippen LogP contribution in [-0.2, 0) is 0 Å². The van der Waals surface area contributed by atoms with E-state index >= 15 is 0 Å². The molecule has 0 spiro atoms. The summed E-state index contributed by atoms with van der Waals surface area (Å²) >= 11 is 0. The molecule has 1 fully saturated rings. The maximum Gasteiger partial charge on any atom is 0.253 e. The summed E-state index contributed by atoms with van der Waals surface area (Å²) in [6.45, 7) is 3.19. The lowest BCUT2D eigenvalue weighted by molar-refractivity contribution is 0.0698. The van der Waals surface area contributed by atoms with E-state index in [-0.39, 0.29) is 30.3 Å². The Hall–Kier alpha value is -2.53. The van der Waals surface area contributed by atoms with E-state index in [0.29, 0.717) is 29.9 Å². The van der Waals surface area contributed by atoms with Gasteiger partial charge in [0.15, 0.2) is 0 Å². The summed E-state index contributed by atoms with van der Waals surface area (Å²) in [6, 6.07) is 14.7. The molecule has 138 valence electrons. The molecular formula is C20H24ClN3O2. The highest BCUT2D eigenvalue weighted by Crippen LogP contribution is 2.16. The fraction of sp³-hybridized carbons (Fsp3) is 0.300. The van der Waals surface area contributed by atoms with Crippen LogP contribution < -0.4 is 11.1 Å². The largest absolute Gasteiger partial charge is 0.399 e. The van der Waals surface area contributed by atoms with E-state index in [2.05, 4.69) is 5.32 Å². The summed E-state index contributed by atoms with van der Waals surface area (Å²) in [6.07, 6.45) is 1.51. The Kier molecular flexibility index (Phi) is 6.64. The quantitative estimate of drug-likeness (QED) is 0.812. The van der Waals surface area contributed by atoms with Gasteiger partial charge in [0.1, 0.15) is 0 Å². The van der Waals surface area contributed by atoms with Gasteiger partial charge < -0.3 is 16.0 Å². The van der Waals surface area contributed by atoms with E-state index in [1.54, 1.807) is 12.1 Å². The topological polar surface area (TPSA) is 75.4 Å². The van der Waals surface area contributed by atoms with E-state index in [0.717, 1.165) is 18.4 Å². The summed E-state index contributed by atoms with van der Waals surface area (Å²) in [5.41, 5.74) is 8.59. The Bertz CT molecular complexity index is 772. The molecule has 3 rings (SSSR count). The molecule has 6 heteroatoms. The zero-order chi connectivity index (χ0) is 17.8. The number of aryl methyl sites for hydroxylation is 1. The van der Waals surface area contributed by atoms with Gasteiger partial charge in [0.05, 0.1) is 0 Å². The molecule has 0 aliphatic carbocycles. The van der Waals surface area contributed by atoms with Crippen molar-refractivity contribution in [2.45, 2.75) is 25.8 Å². The molecule has 2 amide bonds. The van der Waals surface area contributed by atoms with Gasteiger partial charge in [0.2, 0.25) is 0 Å². The SMILES string of the molecule is Cc1ccc(N)cc1C(=O)NC1CCN(C(=O)c2ccccc2)CC1.Cl. The van der Waals surface area contributed by atoms with Crippen molar-refractivity contribution in [3.8, 4) is 0 Å². The average Bonchev–Trinajstić information content (AvgIpc) is 2.64. The third-order valence-electron chi connectivity index (χ3n) is 4.64. The van der Waals surface area contributed by atoms with Crippen LogP contribution in [0.15, 0.2) is 48.5 Å². The normalized spacial score (nSPS) is 14.4. The van der Waals surface area contributed by atoms with Crippen LogP contribution in [0.5, 0.6) is 0 Å². The minimum Gasteiger partial charge on any atom is -0.399 e. The van der Waals surface area contributed by atoms with Crippen LogP contribution in [0.25, 0.3) is 0 Å². The average molecular weight is 374 g/mol. The molecule has 1 saturated heterocycles. The van der Waals surface area contributed by atoms with Gasteiger partial charge in [-0.3, -0.25) is 9.59 Å². The Balaban J connectivity index is 0.00000243. The molecule has 0 bridgehead atoms. The number of anilines is 1. The number of rotatable bonds is 3. The first-order valence-electron chi connectivity index (χ1n) is 8.56. The monoisotopic (exact) mass is 373 g/mol. The van der Waals surface area contributed by atoms with Crippen LogP contribution in [0.3, 0.4) is 0 Å². The fourth-order valence-electron chi connectivity index (χ4n) is 3.14. The highest BCUT2D eigenvalue weighted by Gasteiger charge is 2.25. The smallest absolute Gasteiger partial charge is 0.253 e. The first-order chi connectivity index (χ1) is 12.0. The van der Waals surface area contributed by atoms with Gasteiger partial charge >= 0.3 is 0 Å². The van der Waals surface area contributed by atoms with Gasteiger partial charge in [-0.2, -0.15) is 0 Å². The molecule has 1 aliphatic rings. The second-order valence-corrected chi connectivity index (χ2v) is 6.48. The number of amides is 2. The van der Waals surface area contributed by atoms with Gasteiger partial charge in [-0.1, -0.05) is 24.3 Å². The van der Waals surface area contributed by atoms with Crippen molar-refractivity contribution in [2.24, 2.45) is 0 Å². The first kappa shape index (κ1) is 19.8. The molecule has 3 N–H and O–H groups in total. The highest BCUT2D eigenvalue weighted by molar-refractivity contribution is 5.97. The zero-order valence-electron chi connectivity index (χ0n) is 14.8. The lowest BCUT2D eigenvalue weighted by atomic mass is 10.0. The first-order valence-corrected chi connectivity index (χ1v) is 8.56. The molecule has 2 aromatic carbocycles. The molecule has 1 heterocycles. The summed E-state index contributed by atoms with van der Waals surface area (Å²) in [5, 5.41) is 3.07. The summed E-state index contributed by atoms with van der Waals surface area (Å²) < 4.78 is 0. The van der Waals surface area contributed by atoms with Gasteiger partial charge in [-0.25, -0.2) is 0 Å². The maximum absolute atomic E-state index is 12.5. The van der Waals surface area contributed by atoms with Gasteiger partial charge in [-0.05, 0) is 49.6 Å². The van der Waals surface area contributed by atoms with E-state index in [1.807, 2.05) is 48.2 Å². The van der Waals surface area contributed by atoms with Gasteiger partial charge in [-0.15, -0.1) is 12.4 Å². The van der Waals surface area contributed by atoms with E-state index in [4.69, 9.17) is 5.73 Å². The van der Waals surface area contributed by atoms with E-state index in [9.17, 15) is 9.59 Å². The third-order valence-corrected chi connectivity index (χ3v) is 4.64. The van der Waals surface area contributed by atoms with Crippen LogP contribution in [0.4, 0.5) is 5.69 Å². The van der Waals surface area contributed by atoms with Crippen molar-refractivity contribution >= 4 is 29.9 Å². The molecule has 0 radical (unpaired) electrons. The number of nitrogens with zero attached hydrogens (tertiary/aromatic N) is 1. The summed E-state index contributed by atoms with van der Waals surface area (Å²) in [5.74, 6) is -0.0466. The van der Waals surface area contributed by atoms with Crippen molar-refractivity contribution in [2.75, 3.05) is 18.8 Å². The standard InChI is InChI=1S/C20H23N3O2.ClH/c1-14-7-8-16(21)13-18(14)19(24)22-17-9-11-23(12-10-17)20(25)15-5-3-2-4-6-15;/h2-8,13,17H,9-12,21H2,1H3,(H,22,24);1H. The van der Waals surface area contributed by atoms with Crippen LogP contribution in [0.2, 0.25) is 0 Å². The number of nitrogen functional groups attached to an aromatic ring is 1. The number of halogens is 1. The molecule has 1 aliphatic heterocycles. The molecule has 26 heavy (non-hydrogen) atoms. The molecule has 0 unspecified atom stereocenters. The fourth-order valence-corrected chi connectivity index (χ4v) is 3.14. The van der Waals surface area contributed by atoms with Crippen molar-refractivity contribution in [1.82, 2.24) is 10.2 Å². The summed E-state index contributed by atoms with van der Waals surface area (Å²) in [7, 11) is 0. The van der Waals surface area contributed by atoms with E-state index < -0.39 is 0 Å². The van der Waals surface area contributed by atoms with E-state index in [1.165, 1.54) is 0 Å². The number of nitrogens with two attached hydrogens (primary N) is 1. The molecule has 5 nitrogen and oxygen atoms in total. The molecule has 0 aromatic heterocycles. The lowest BCUT2D eigenvalue weighted by Gasteiger charge is -2.32. The number of hydrogen-bond donors (Lipinski definition) is 2. The predicted octanol–water partition coefficient (Wildman–Crippen LogP) is 3.03. The molecule has 0 saturated carbocycles. The minimum atomic E-state index is -0.0994. The minimum absolute atomic E-state index is 0. The molecule has 2 aromatic rings. The van der Waals surface area contributed by atoms with Crippen molar-refractivity contribution < 1.29 is 9.59 Å². The number of carbonyl (C=O) groups is 2. The number of carbonyl (C=O) groups excluding carboxylic acids is 2. The Morgan fingerprint density at radius 2 is 1.73 bits per heavy atom. The van der Waals surface area contributed by atoms with Crippen molar-refractivity contribution in [3.05, 3.63) is 65.2 Å². The number of likely N-dealkylation sites (tertiary alicyclic amines) is 1. The third kappa shape index (κ3) is 4.55. The Morgan fingerprint density at radius 1 is 1.08 bits per heavy atom. The van der Waals surface area contributed by atoms with Gasteiger partial charge in [0.25, 0.3) is 11.8 Å².